The highest BCUT2D eigenvalue weighted by atomic mass is 32.1. The van der Waals surface area contributed by atoms with Crippen molar-refractivity contribution in [2.75, 3.05) is 19.0 Å². The van der Waals surface area contributed by atoms with Crippen LogP contribution >= 0.6 is 11.3 Å². The second-order valence-corrected chi connectivity index (χ2v) is 9.54. The number of carbonyl (C=O) groups is 1. The maximum atomic E-state index is 13.8. The number of nitrogens with zero attached hydrogens (tertiary/aromatic N) is 2. The van der Waals surface area contributed by atoms with Gasteiger partial charge >= 0.3 is 0 Å². The van der Waals surface area contributed by atoms with E-state index in [1.807, 2.05) is 31.2 Å². The molecule has 4 aromatic rings. The summed E-state index contributed by atoms with van der Waals surface area (Å²) in [5.41, 5.74) is 2.34. The Morgan fingerprint density at radius 1 is 1.06 bits per heavy atom. The molecule has 8 heteroatoms. The van der Waals surface area contributed by atoms with Crippen LogP contribution in [-0.2, 0) is 24.2 Å². The first-order valence-electron chi connectivity index (χ1n) is 11.8. The minimum Gasteiger partial charge on any atom is -0.497 e. The monoisotopic (exact) mass is 489 g/mol. The fourth-order valence-electron chi connectivity index (χ4n) is 4.49. The number of methoxy groups -OCH3 is 1. The number of thiophene rings is 1. The molecule has 7 nitrogen and oxygen atoms in total. The predicted octanol–water partition coefficient (Wildman–Crippen LogP) is 5.05. The van der Waals surface area contributed by atoms with E-state index in [1.54, 1.807) is 42.7 Å². The van der Waals surface area contributed by atoms with Crippen LogP contribution in [0.3, 0.4) is 0 Å². The molecule has 35 heavy (non-hydrogen) atoms. The van der Waals surface area contributed by atoms with Crippen molar-refractivity contribution in [3.8, 4) is 22.9 Å². The number of ether oxygens (including phenoxy) is 2. The lowest BCUT2D eigenvalue weighted by Crippen LogP contribution is -2.30. The van der Waals surface area contributed by atoms with Crippen LogP contribution in [0.2, 0.25) is 0 Å². The summed E-state index contributed by atoms with van der Waals surface area (Å²) in [5, 5.41) is 3.55. The summed E-state index contributed by atoms with van der Waals surface area (Å²) in [5.74, 6) is 1.63. The van der Waals surface area contributed by atoms with Gasteiger partial charge in [-0.05, 0) is 86.7 Å². The van der Waals surface area contributed by atoms with Gasteiger partial charge in [0.05, 0.1) is 19.1 Å². The summed E-state index contributed by atoms with van der Waals surface area (Å²) < 4.78 is 12.2. The normalized spacial score (nSPS) is 12.9. The minimum atomic E-state index is -0.295. The lowest BCUT2D eigenvalue weighted by Gasteiger charge is -2.14. The zero-order chi connectivity index (χ0) is 24.4. The number of carbonyl (C=O) groups excluding carboxylic acids is 1. The van der Waals surface area contributed by atoms with Crippen LogP contribution in [0, 0.1) is 0 Å². The molecule has 0 saturated heterocycles. The van der Waals surface area contributed by atoms with Gasteiger partial charge in [0.1, 0.15) is 28.7 Å². The lowest BCUT2D eigenvalue weighted by molar-refractivity contribution is -0.116. The van der Waals surface area contributed by atoms with E-state index in [2.05, 4.69) is 5.32 Å². The molecule has 2 aromatic heterocycles. The van der Waals surface area contributed by atoms with Crippen molar-refractivity contribution in [2.45, 2.75) is 39.2 Å². The Kier molecular flexibility index (Phi) is 6.55. The first-order chi connectivity index (χ1) is 17.1. The first-order valence-corrected chi connectivity index (χ1v) is 12.6. The van der Waals surface area contributed by atoms with Crippen molar-refractivity contribution < 1.29 is 14.3 Å². The van der Waals surface area contributed by atoms with E-state index in [1.165, 1.54) is 9.44 Å². The molecule has 0 fully saturated rings. The molecule has 0 atom stereocenters. The molecule has 0 spiro atoms. The third-order valence-electron chi connectivity index (χ3n) is 6.17. The van der Waals surface area contributed by atoms with Gasteiger partial charge < -0.3 is 14.8 Å². The van der Waals surface area contributed by atoms with Gasteiger partial charge in [-0.1, -0.05) is 0 Å². The quantitative estimate of drug-likeness (QED) is 0.393. The fourth-order valence-corrected chi connectivity index (χ4v) is 5.74. The third-order valence-corrected chi connectivity index (χ3v) is 7.36. The van der Waals surface area contributed by atoms with Crippen molar-refractivity contribution in [2.24, 2.45) is 0 Å². The van der Waals surface area contributed by atoms with Crippen molar-refractivity contribution in [3.63, 3.8) is 0 Å². The molecule has 0 bridgehead atoms. The predicted molar refractivity (Wildman–Crippen MR) is 139 cm³/mol. The van der Waals surface area contributed by atoms with Crippen LogP contribution in [0.5, 0.6) is 11.5 Å². The average molecular weight is 490 g/mol. The van der Waals surface area contributed by atoms with E-state index in [4.69, 9.17) is 14.5 Å². The summed E-state index contributed by atoms with van der Waals surface area (Å²) in [4.78, 5) is 33.7. The van der Waals surface area contributed by atoms with Crippen LogP contribution in [0.1, 0.15) is 30.2 Å². The Labute approximate surface area is 207 Å². The Morgan fingerprint density at radius 2 is 1.77 bits per heavy atom. The highest BCUT2D eigenvalue weighted by Gasteiger charge is 2.23. The highest BCUT2D eigenvalue weighted by Crippen LogP contribution is 2.35. The number of fused-ring (bicyclic) bond motifs is 3. The number of hydrogen-bond donors (Lipinski definition) is 1. The summed E-state index contributed by atoms with van der Waals surface area (Å²) >= 11 is 1.60. The number of amides is 1. The molecule has 2 aromatic carbocycles. The smallest absolute Gasteiger partial charge is 0.263 e. The number of aryl methyl sites for hydroxylation is 2. The zero-order valence-corrected chi connectivity index (χ0v) is 20.6. The Hall–Kier alpha value is -3.65. The van der Waals surface area contributed by atoms with E-state index in [-0.39, 0.29) is 18.0 Å². The molecule has 0 radical (unpaired) electrons. The van der Waals surface area contributed by atoms with E-state index < -0.39 is 0 Å². The molecule has 0 saturated carbocycles. The van der Waals surface area contributed by atoms with Crippen molar-refractivity contribution in [1.82, 2.24) is 9.55 Å². The molecule has 0 aliphatic heterocycles. The van der Waals surface area contributed by atoms with Gasteiger partial charge in [-0.15, -0.1) is 11.3 Å². The van der Waals surface area contributed by atoms with E-state index in [0.717, 1.165) is 47.4 Å². The number of benzene rings is 2. The van der Waals surface area contributed by atoms with Crippen LogP contribution in [-0.4, -0.2) is 29.2 Å². The average Bonchev–Trinajstić information content (AvgIpc) is 3.26. The molecule has 1 aliphatic rings. The molecule has 2 heterocycles. The molecular weight excluding hydrogens is 462 g/mol. The molecule has 0 unspecified atom stereocenters. The Morgan fingerprint density at radius 3 is 2.49 bits per heavy atom. The van der Waals surface area contributed by atoms with Gasteiger partial charge in [0.25, 0.3) is 5.56 Å². The summed E-state index contributed by atoms with van der Waals surface area (Å²) in [6.45, 7) is 2.36. The van der Waals surface area contributed by atoms with Crippen LogP contribution in [0.15, 0.2) is 53.3 Å². The van der Waals surface area contributed by atoms with Crippen LogP contribution in [0.4, 0.5) is 5.69 Å². The van der Waals surface area contributed by atoms with Crippen LogP contribution in [0.25, 0.3) is 21.6 Å². The van der Waals surface area contributed by atoms with Crippen molar-refractivity contribution in [1.29, 1.82) is 0 Å². The molecule has 1 amide bonds. The second-order valence-electron chi connectivity index (χ2n) is 8.45. The third kappa shape index (κ3) is 4.66. The van der Waals surface area contributed by atoms with Crippen LogP contribution < -0.4 is 20.3 Å². The van der Waals surface area contributed by atoms with Gasteiger partial charge in [0.2, 0.25) is 5.91 Å². The van der Waals surface area contributed by atoms with Gasteiger partial charge in [-0.2, -0.15) is 0 Å². The molecule has 5 rings (SSSR count). The highest BCUT2D eigenvalue weighted by molar-refractivity contribution is 7.18. The topological polar surface area (TPSA) is 82.4 Å². The summed E-state index contributed by atoms with van der Waals surface area (Å²) in [6, 6.07) is 14.6. The second kappa shape index (κ2) is 9.92. The van der Waals surface area contributed by atoms with Gasteiger partial charge in [-0.25, -0.2) is 4.98 Å². The van der Waals surface area contributed by atoms with Crippen molar-refractivity contribution in [3.05, 3.63) is 69.3 Å². The number of nitrogens with one attached hydrogen (secondary N) is 1. The SMILES string of the molecule is CCOc1ccc(NC(=O)Cn2c(-c3ccc(OC)cc3)nc3sc4c(c3c2=O)CCCC4)cc1. The van der Waals surface area contributed by atoms with E-state index in [0.29, 0.717) is 29.3 Å². The maximum Gasteiger partial charge on any atom is 0.263 e. The Bertz CT molecular complexity index is 1420. The van der Waals surface area contributed by atoms with Gasteiger partial charge in [0, 0.05) is 16.1 Å². The van der Waals surface area contributed by atoms with E-state index >= 15 is 0 Å². The largest absolute Gasteiger partial charge is 0.497 e. The first kappa shape index (κ1) is 23.1. The summed E-state index contributed by atoms with van der Waals surface area (Å²) in [7, 11) is 1.61. The summed E-state index contributed by atoms with van der Waals surface area (Å²) in [6.07, 6.45) is 4.05. The number of anilines is 1. The van der Waals surface area contributed by atoms with Gasteiger partial charge in [-0.3, -0.25) is 14.2 Å². The van der Waals surface area contributed by atoms with Crippen molar-refractivity contribution >= 4 is 33.1 Å². The fraction of sp³-hybridized carbons (Fsp3) is 0.296. The Balaban J connectivity index is 1.54. The maximum absolute atomic E-state index is 13.8. The minimum absolute atomic E-state index is 0.138. The molecule has 1 N–H and O–H groups in total. The molecule has 1 aliphatic carbocycles. The molecular formula is C27H27N3O4S. The standard InChI is InChI=1S/C27H27N3O4S/c1-3-34-20-14-10-18(11-15-20)28-23(31)16-30-25(17-8-12-19(33-2)13-9-17)29-26-24(27(30)32)21-6-4-5-7-22(21)35-26/h8-15H,3-7,16H2,1-2H3,(H,28,31). The zero-order valence-electron chi connectivity index (χ0n) is 19.8. The lowest BCUT2D eigenvalue weighted by atomic mass is 9.97. The number of aromatic nitrogens is 2. The van der Waals surface area contributed by atoms with Gasteiger partial charge in [0.15, 0.2) is 0 Å². The number of hydrogen-bond acceptors (Lipinski definition) is 6. The molecule has 180 valence electrons. The van der Waals surface area contributed by atoms with E-state index in [9.17, 15) is 9.59 Å². The number of rotatable bonds is 7.